The molecule has 0 bridgehead atoms. The normalized spacial score (nSPS) is 12.0. The molecule has 0 spiro atoms. The molecule has 2 aromatic carbocycles. The SMILES string of the molecule is CC(Oc1ccc2oc(-c3ccccc3)c(C(=O)[O-])c2c1)C(=O)[O-]. The van der Waals surface area contributed by atoms with E-state index >= 15 is 0 Å². The van der Waals surface area contributed by atoms with Crippen molar-refractivity contribution in [3.8, 4) is 17.1 Å². The fourth-order valence-corrected chi connectivity index (χ4v) is 2.40. The maximum atomic E-state index is 11.6. The molecule has 0 saturated heterocycles. The van der Waals surface area contributed by atoms with Gasteiger partial charge in [-0.3, -0.25) is 0 Å². The van der Waals surface area contributed by atoms with Gasteiger partial charge in [-0.25, -0.2) is 0 Å². The lowest BCUT2D eigenvalue weighted by atomic mass is 10.1. The topological polar surface area (TPSA) is 103 Å². The summed E-state index contributed by atoms with van der Waals surface area (Å²) in [4.78, 5) is 22.4. The molecule has 0 aliphatic rings. The second-order valence-electron chi connectivity index (χ2n) is 5.20. The monoisotopic (exact) mass is 324 g/mol. The van der Waals surface area contributed by atoms with Gasteiger partial charge in [0.25, 0.3) is 0 Å². The molecule has 0 aliphatic heterocycles. The first-order valence-electron chi connectivity index (χ1n) is 7.18. The van der Waals surface area contributed by atoms with Gasteiger partial charge in [0.15, 0.2) is 0 Å². The van der Waals surface area contributed by atoms with Crippen molar-refractivity contribution >= 4 is 22.9 Å². The van der Waals surface area contributed by atoms with Crippen LogP contribution in [0, 0.1) is 0 Å². The Labute approximate surface area is 136 Å². The first-order valence-corrected chi connectivity index (χ1v) is 7.18. The molecule has 24 heavy (non-hydrogen) atoms. The van der Waals surface area contributed by atoms with Gasteiger partial charge in [-0.1, -0.05) is 30.3 Å². The zero-order chi connectivity index (χ0) is 17.3. The van der Waals surface area contributed by atoms with Crippen LogP contribution in [0.25, 0.3) is 22.3 Å². The van der Waals surface area contributed by atoms with E-state index in [4.69, 9.17) is 9.15 Å². The van der Waals surface area contributed by atoms with E-state index in [1.807, 2.05) is 0 Å². The minimum Gasteiger partial charge on any atom is -0.546 e. The van der Waals surface area contributed by atoms with Gasteiger partial charge in [0, 0.05) is 10.9 Å². The van der Waals surface area contributed by atoms with Crippen molar-refractivity contribution in [3.63, 3.8) is 0 Å². The van der Waals surface area contributed by atoms with E-state index in [0.29, 0.717) is 11.1 Å². The Morgan fingerprint density at radius 1 is 1.08 bits per heavy atom. The molecule has 0 radical (unpaired) electrons. The van der Waals surface area contributed by atoms with Crippen molar-refractivity contribution in [1.82, 2.24) is 0 Å². The molecule has 3 aromatic rings. The smallest absolute Gasteiger partial charge is 0.144 e. The van der Waals surface area contributed by atoms with Crippen LogP contribution in [0.4, 0.5) is 0 Å². The number of ether oxygens (including phenoxy) is 1. The van der Waals surface area contributed by atoms with Crippen LogP contribution in [0.15, 0.2) is 52.9 Å². The number of carbonyl (C=O) groups is 2. The quantitative estimate of drug-likeness (QED) is 0.693. The number of rotatable bonds is 5. The van der Waals surface area contributed by atoms with Crippen molar-refractivity contribution < 1.29 is 29.0 Å². The van der Waals surface area contributed by atoms with Crippen molar-refractivity contribution in [2.45, 2.75) is 13.0 Å². The lowest BCUT2D eigenvalue weighted by molar-refractivity contribution is -0.312. The molecule has 0 fully saturated rings. The molecule has 0 amide bonds. The minimum absolute atomic E-state index is 0.109. The van der Waals surface area contributed by atoms with Gasteiger partial charge in [0.05, 0.1) is 17.5 Å². The Morgan fingerprint density at radius 3 is 2.42 bits per heavy atom. The van der Waals surface area contributed by atoms with Crippen LogP contribution in [0.3, 0.4) is 0 Å². The average Bonchev–Trinajstić information content (AvgIpc) is 2.94. The Balaban J connectivity index is 2.14. The van der Waals surface area contributed by atoms with E-state index in [2.05, 4.69) is 0 Å². The van der Waals surface area contributed by atoms with E-state index < -0.39 is 18.0 Å². The summed E-state index contributed by atoms with van der Waals surface area (Å²) >= 11 is 0. The number of furan rings is 1. The summed E-state index contributed by atoms with van der Waals surface area (Å²) in [6, 6.07) is 13.2. The Morgan fingerprint density at radius 2 is 1.79 bits per heavy atom. The fourth-order valence-electron chi connectivity index (χ4n) is 2.40. The van der Waals surface area contributed by atoms with Gasteiger partial charge in [-0.2, -0.15) is 0 Å². The van der Waals surface area contributed by atoms with Crippen LogP contribution in [0.2, 0.25) is 0 Å². The summed E-state index contributed by atoms with van der Waals surface area (Å²) in [5.74, 6) is -2.39. The Hall–Kier alpha value is -3.28. The molecule has 1 unspecified atom stereocenters. The van der Waals surface area contributed by atoms with Gasteiger partial charge in [-0.15, -0.1) is 0 Å². The number of aromatic carboxylic acids is 1. The van der Waals surface area contributed by atoms with Crippen LogP contribution in [0.1, 0.15) is 17.3 Å². The number of fused-ring (bicyclic) bond motifs is 1. The van der Waals surface area contributed by atoms with Gasteiger partial charge in [0.2, 0.25) is 0 Å². The third-order valence-electron chi connectivity index (χ3n) is 3.54. The molecular weight excluding hydrogens is 312 g/mol. The van der Waals surface area contributed by atoms with Gasteiger partial charge in [-0.05, 0) is 25.1 Å². The number of benzene rings is 2. The summed E-state index contributed by atoms with van der Waals surface area (Å²) in [7, 11) is 0. The van der Waals surface area contributed by atoms with Gasteiger partial charge < -0.3 is 29.0 Å². The molecule has 0 N–H and O–H groups in total. The van der Waals surface area contributed by atoms with E-state index in [-0.39, 0.29) is 22.5 Å². The van der Waals surface area contributed by atoms with Crippen molar-refractivity contribution in [2.24, 2.45) is 0 Å². The molecule has 0 aliphatic carbocycles. The highest BCUT2D eigenvalue weighted by molar-refractivity contribution is 6.07. The van der Waals surface area contributed by atoms with E-state index in [0.717, 1.165) is 0 Å². The van der Waals surface area contributed by atoms with Crippen molar-refractivity contribution in [2.75, 3.05) is 0 Å². The first-order chi connectivity index (χ1) is 11.5. The maximum absolute atomic E-state index is 11.6. The summed E-state index contributed by atoms with van der Waals surface area (Å²) in [5, 5.41) is 22.6. The largest absolute Gasteiger partial charge is 0.546 e. The maximum Gasteiger partial charge on any atom is 0.144 e. The lowest BCUT2D eigenvalue weighted by Crippen LogP contribution is -2.37. The number of carboxylic acids is 2. The highest BCUT2D eigenvalue weighted by atomic mass is 16.5. The molecule has 0 saturated carbocycles. The van der Waals surface area contributed by atoms with Crippen LogP contribution in [-0.2, 0) is 4.79 Å². The number of carboxylic acid groups (broad SMARTS) is 2. The van der Waals surface area contributed by atoms with Crippen LogP contribution < -0.4 is 14.9 Å². The average molecular weight is 324 g/mol. The summed E-state index contributed by atoms with van der Waals surface area (Å²) in [6.45, 7) is 1.32. The van der Waals surface area contributed by atoms with E-state index in [1.54, 1.807) is 30.3 Å². The molecule has 3 rings (SSSR count). The summed E-state index contributed by atoms with van der Waals surface area (Å²) in [5.41, 5.74) is 0.822. The standard InChI is InChI=1S/C18H14O6/c1-10(17(19)20)23-12-7-8-14-13(9-12)15(18(21)22)16(24-14)11-5-3-2-4-6-11/h2-10H,1H3,(H,19,20)(H,21,22)/p-2. The molecule has 1 atom stereocenters. The number of hydrogen-bond donors (Lipinski definition) is 0. The highest BCUT2D eigenvalue weighted by Gasteiger charge is 2.18. The molecule has 1 heterocycles. The molecule has 6 nitrogen and oxygen atoms in total. The van der Waals surface area contributed by atoms with Crippen LogP contribution in [0.5, 0.6) is 5.75 Å². The number of aliphatic carboxylic acids is 1. The molecular formula is C18H12O6-2. The van der Waals surface area contributed by atoms with Crippen molar-refractivity contribution in [1.29, 1.82) is 0 Å². The van der Waals surface area contributed by atoms with E-state index in [1.165, 1.54) is 25.1 Å². The second-order valence-corrected chi connectivity index (χ2v) is 5.20. The minimum atomic E-state index is -1.39. The van der Waals surface area contributed by atoms with Crippen LogP contribution in [-0.4, -0.2) is 18.0 Å². The number of carbonyl (C=O) groups excluding carboxylic acids is 2. The summed E-state index contributed by atoms with van der Waals surface area (Å²) in [6.07, 6.45) is -1.17. The highest BCUT2D eigenvalue weighted by Crippen LogP contribution is 2.35. The third-order valence-corrected chi connectivity index (χ3v) is 3.54. The first kappa shape index (κ1) is 15.6. The molecule has 1 aromatic heterocycles. The Bertz CT molecular complexity index is 910. The predicted octanol–water partition coefficient (Wildman–Crippen LogP) is 0.980. The van der Waals surface area contributed by atoms with E-state index in [9.17, 15) is 19.8 Å². The van der Waals surface area contributed by atoms with Gasteiger partial charge in [0.1, 0.15) is 23.2 Å². The lowest BCUT2D eigenvalue weighted by Gasteiger charge is -2.15. The van der Waals surface area contributed by atoms with Crippen LogP contribution >= 0.6 is 0 Å². The fraction of sp³-hybridized carbons (Fsp3) is 0.111. The molecule has 122 valence electrons. The number of hydrogen-bond acceptors (Lipinski definition) is 6. The molecule has 6 heteroatoms. The third kappa shape index (κ3) is 2.81. The second kappa shape index (κ2) is 6.08. The zero-order valence-electron chi connectivity index (χ0n) is 12.6. The van der Waals surface area contributed by atoms with Crippen molar-refractivity contribution in [3.05, 3.63) is 54.1 Å². The predicted molar refractivity (Wildman–Crippen MR) is 81.1 cm³/mol. The summed E-state index contributed by atoms with van der Waals surface area (Å²) < 4.78 is 10.9. The van der Waals surface area contributed by atoms with Gasteiger partial charge >= 0.3 is 0 Å². The zero-order valence-corrected chi connectivity index (χ0v) is 12.6. The Kier molecular flexibility index (Phi) is 3.95.